The van der Waals surface area contributed by atoms with Crippen molar-refractivity contribution in [2.45, 2.75) is 65.0 Å². The molecule has 0 spiro atoms. The first-order valence-corrected chi connectivity index (χ1v) is 13.4. The molecular formula is C30H38N4O4. The van der Waals surface area contributed by atoms with Gasteiger partial charge in [-0.05, 0) is 74.9 Å². The first-order chi connectivity index (χ1) is 18.2. The van der Waals surface area contributed by atoms with Crippen LogP contribution >= 0.6 is 0 Å². The van der Waals surface area contributed by atoms with Crippen LogP contribution in [0, 0.1) is 6.92 Å². The van der Waals surface area contributed by atoms with E-state index < -0.39 is 11.6 Å². The van der Waals surface area contributed by atoms with Crippen LogP contribution in [0.15, 0.2) is 48.5 Å². The molecule has 0 radical (unpaired) electrons. The molecule has 4 rings (SSSR count). The number of piperidine rings is 1. The maximum atomic E-state index is 12.9. The summed E-state index contributed by atoms with van der Waals surface area (Å²) in [5.74, 6) is -0.707. The normalized spacial score (nSPS) is 15.1. The number of carboxylic acids is 1. The standard InChI is InChI=1S/C30H38N4O4/c1-5-14-30(3,29(36)37)38-27-13-12-22(17-21(27)2)20-31-28(35)25-19-26(33(4)32-25)23-10-9-11-24(18-23)34-15-7-6-8-16-34/h9-13,17-19H,5-8,14-16,20H2,1-4H3,(H,31,35)(H,36,37). The second-order valence-electron chi connectivity index (χ2n) is 10.3. The molecule has 2 N–H and O–H groups in total. The summed E-state index contributed by atoms with van der Waals surface area (Å²) in [7, 11) is 1.85. The van der Waals surface area contributed by atoms with Gasteiger partial charge in [0.2, 0.25) is 5.60 Å². The smallest absolute Gasteiger partial charge is 0.347 e. The summed E-state index contributed by atoms with van der Waals surface area (Å²) in [5, 5.41) is 17.0. The Morgan fingerprint density at radius 2 is 1.87 bits per heavy atom. The summed E-state index contributed by atoms with van der Waals surface area (Å²) in [6, 6.07) is 15.8. The minimum Gasteiger partial charge on any atom is -0.478 e. The number of aliphatic carboxylic acids is 1. The molecule has 38 heavy (non-hydrogen) atoms. The van der Waals surface area contributed by atoms with Gasteiger partial charge in [-0.15, -0.1) is 0 Å². The number of rotatable bonds is 10. The van der Waals surface area contributed by atoms with E-state index >= 15 is 0 Å². The number of nitrogens with one attached hydrogen (secondary N) is 1. The number of nitrogens with zero attached hydrogens (tertiary/aromatic N) is 3. The second kappa shape index (κ2) is 11.7. The highest BCUT2D eigenvalue weighted by molar-refractivity contribution is 5.93. The summed E-state index contributed by atoms with van der Waals surface area (Å²) < 4.78 is 7.63. The Hall–Kier alpha value is -3.81. The molecular weight excluding hydrogens is 480 g/mol. The van der Waals surface area contributed by atoms with Crippen LogP contribution in [0.1, 0.15) is 67.6 Å². The monoisotopic (exact) mass is 518 g/mol. The number of aromatic nitrogens is 2. The number of anilines is 1. The van der Waals surface area contributed by atoms with Gasteiger partial charge < -0.3 is 20.1 Å². The van der Waals surface area contributed by atoms with E-state index in [0.29, 0.717) is 30.8 Å². The fourth-order valence-electron chi connectivity index (χ4n) is 4.99. The number of carbonyl (C=O) groups is 2. The van der Waals surface area contributed by atoms with Crippen molar-refractivity contribution < 1.29 is 19.4 Å². The van der Waals surface area contributed by atoms with E-state index in [1.165, 1.54) is 24.9 Å². The molecule has 8 heteroatoms. The van der Waals surface area contributed by atoms with Gasteiger partial charge in [-0.3, -0.25) is 9.48 Å². The molecule has 1 saturated heterocycles. The van der Waals surface area contributed by atoms with Gasteiger partial charge in [0.25, 0.3) is 5.91 Å². The Kier molecular flexibility index (Phi) is 8.39. The van der Waals surface area contributed by atoms with Crippen molar-refractivity contribution in [1.82, 2.24) is 15.1 Å². The lowest BCUT2D eigenvalue weighted by Gasteiger charge is -2.29. The van der Waals surface area contributed by atoms with E-state index in [4.69, 9.17) is 4.74 Å². The minimum absolute atomic E-state index is 0.251. The van der Waals surface area contributed by atoms with Crippen molar-refractivity contribution >= 4 is 17.6 Å². The van der Waals surface area contributed by atoms with E-state index in [1.807, 2.05) is 45.2 Å². The van der Waals surface area contributed by atoms with Crippen LogP contribution in [0.5, 0.6) is 5.75 Å². The maximum Gasteiger partial charge on any atom is 0.347 e. The predicted molar refractivity (Wildman–Crippen MR) is 149 cm³/mol. The SMILES string of the molecule is CCCC(C)(Oc1ccc(CNC(=O)c2cc(-c3cccc(N4CCCCC4)c3)n(C)n2)cc1C)C(=O)O. The Balaban J connectivity index is 1.42. The van der Waals surface area contributed by atoms with Gasteiger partial charge in [-0.2, -0.15) is 5.10 Å². The maximum absolute atomic E-state index is 12.9. The van der Waals surface area contributed by atoms with E-state index in [2.05, 4.69) is 33.5 Å². The number of hydrogen-bond acceptors (Lipinski definition) is 5. The highest BCUT2D eigenvalue weighted by Crippen LogP contribution is 2.28. The van der Waals surface area contributed by atoms with Crippen LogP contribution in [0.2, 0.25) is 0 Å². The molecule has 1 atom stereocenters. The summed E-state index contributed by atoms with van der Waals surface area (Å²) >= 11 is 0. The lowest BCUT2D eigenvalue weighted by molar-refractivity contribution is -0.154. The highest BCUT2D eigenvalue weighted by Gasteiger charge is 2.35. The summed E-state index contributed by atoms with van der Waals surface area (Å²) in [6.07, 6.45) is 4.84. The van der Waals surface area contributed by atoms with Gasteiger partial charge in [0, 0.05) is 37.9 Å². The second-order valence-corrected chi connectivity index (χ2v) is 10.3. The molecule has 1 aliphatic heterocycles. The Bertz CT molecular complexity index is 1300. The molecule has 3 aromatic rings. The zero-order valence-electron chi connectivity index (χ0n) is 22.8. The van der Waals surface area contributed by atoms with Crippen LogP contribution in [0.25, 0.3) is 11.3 Å². The van der Waals surface area contributed by atoms with Crippen molar-refractivity contribution in [1.29, 1.82) is 0 Å². The van der Waals surface area contributed by atoms with Crippen molar-refractivity contribution in [3.05, 3.63) is 65.4 Å². The molecule has 2 heterocycles. The number of aryl methyl sites for hydroxylation is 2. The third-order valence-electron chi connectivity index (χ3n) is 7.18. The topological polar surface area (TPSA) is 96.7 Å². The molecule has 1 unspecified atom stereocenters. The lowest BCUT2D eigenvalue weighted by atomic mass is 10.00. The molecule has 1 amide bonds. The number of amides is 1. The lowest BCUT2D eigenvalue weighted by Crippen LogP contribution is -2.41. The number of hydrogen-bond donors (Lipinski definition) is 2. The van der Waals surface area contributed by atoms with E-state index in [0.717, 1.165) is 35.5 Å². The third-order valence-corrected chi connectivity index (χ3v) is 7.18. The van der Waals surface area contributed by atoms with E-state index in [9.17, 15) is 14.7 Å². The molecule has 2 aromatic carbocycles. The van der Waals surface area contributed by atoms with Crippen molar-refractivity contribution in [3.8, 4) is 17.0 Å². The number of benzene rings is 2. The average molecular weight is 519 g/mol. The van der Waals surface area contributed by atoms with E-state index in [1.54, 1.807) is 17.7 Å². The Morgan fingerprint density at radius 3 is 2.55 bits per heavy atom. The Labute approximate surface area is 224 Å². The zero-order valence-corrected chi connectivity index (χ0v) is 22.8. The molecule has 1 aromatic heterocycles. The first kappa shape index (κ1) is 27.2. The van der Waals surface area contributed by atoms with Crippen LogP contribution in [-0.2, 0) is 18.4 Å². The Morgan fingerprint density at radius 1 is 1.11 bits per heavy atom. The van der Waals surface area contributed by atoms with Gasteiger partial charge in [0.1, 0.15) is 5.75 Å². The van der Waals surface area contributed by atoms with Gasteiger partial charge in [0.05, 0.1) is 5.69 Å². The first-order valence-electron chi connectivity index (χ1n) is 13.4. The van der Waals surface area contributed by atoms with Gasteiger partial charge >= 0.3 is 5.97 Å². The number of carbonyl (C=O) groups excluding carboxylic acids is 1. The third kappa shape index (κ3) is 6.18. The molecule has 0 aliphatic carbocycles. The molecule has 0 saturated carbocycles. The van der Waals surface area contributed by atoms with Gasteiger partial charge in [-0.1, -0.05) is 37.6 Å². The minimum atomic E-state index is -1.28. The highest BCUT2D eigenvalue weighted by atomic mass is 16.5. The van der Waals surface area contributed by atoms with Crippen LogP contribution < -0.4 is 15.0 Å². The molecule has 1 aliphatic rings. The summed E-state index contributed by atoms with van der Waals surface area (Å²) in [6.45, 7) is 7.87. The number of carboxylic acid groups (broad SMARTS) is 1. The fraction of sp³-hybridized carbons (Fsp3) is 0.433. The predicted octanol–water partition coefficient (Wildman–Crippen LogP) is 5.34. The molecule has 1 fully saturated rings. The zero-order chi connectivity index (χ0) is 27.3. The van der Waals surface area contributed by atoms with Gasteiger partial charge in [0.15, 0.2) is 5.69 Å². The van der Waals surface area contributed by atoms with Crippen molar-refractivity contribution in [2.24, 2.45) is 7.05 Å². The van der Waals surface area contributed by atoms with Crippen LogP contribution in [-0.4, -0.2) is 45.5 Å². The van der Waals surface area contributed by atoms with Gasteiger partial charge in [-0.25, -0.2) is 4.79 Å². The van der Waals surface area contributed by atoms with Crippen molar-refractivity contribution in [3.63, 3.8) is 0 Å². The molecule has 202 valence electrons. The van der Waals surface area contributed by atoms with E-state index in [-0.39, 0.29) is 5.91 Å². The average Bonchev–Trinajstić information content (AvgIpc) is 3.31. The van der Waals surface area contributed by atoms with Crippen LogP contribution in [0.3, 0.4) is 0 Å². The molecule has 8 nitrogen and oxygen atoms in total. The largest absolute Gasteiger partial charge is 0.478 e. The summed E-state index contributed by atoms with van der Waals surface area (Å²) in [4.78, 5) is 27.1. The van der Waals surface area contributed by atoms with Crippen LogP contribution in [0.4, 0.5) is 5.69 Å². The fourth-order valence-corrected chi connectivity index (χ4v) is 4.99. The quantitative estimate of drug-likeness (QED) is 0.376. The van der Waals surface area contributed by atoms with Crippen molar-refractivity contribution in [2.75, 3.05) is 18.0 Å². The summed E-state index contributed by atoms with van der Waals surface area (Å²) in [5.41, 5.74) is 3.91. The number of ether oxygens (including phenoxy) is 1. The molecule has 0 bridgehead atoms.